The highest BCUT2D eigenvalue weighted by molar-refractivity contribution is 6.42. The Bertz CT molecular complexity index is 809. The molecule has 0 spiro atoms. The topological polar surface area (TPSA) is 43.8 Å². The van der Waals surface area contributed by atoms with Gasteiger partial charge in [0.1, 0.15) is 5.82 Å². The minimum atomic E-state index is 0.487. The van der Waals surface area contributed by atoms with Gasteiger partial charge in [0, 0.05) is 20.0 Å². The molecule has 0 aliphatic carbocycles. The van der Waals surface area contributed by atoms with Crippen molar-refractivity contribution in [3.05, 3.63) is 63.4 Å². The third kappa shape index (κ3) is 2.64. The summed E-state index contributed by atoms with van der Waals surface area (Å²) in [7, 11) is 2.02. The molecule has 0 aliphatic rings. The van der Waals surface area contributed by atoms with Crippen molar-refractivity contribution in [2.45, 2.75) is 13.0 Å². The van der Waals surface area contributed by atoms with Crippen LogP contribution in [-0.2, 0) is 20.0 Å². The standard InChI is InChI=1S/C16H15Cl2N3/c1-21-14-4-2-3-11(9-19)16(14)20-15(21)8-10-5-6-12(17)13(18)7-10/h2-7H,8-9,19H2,1H3. The molecule has 0 aliphatic heterocycles. The van der Waals surface area contributed by atoms with Gasteiger partial charge in [0.15, 0.2) is 0 Å². The normalized spacial score (nSPS) is 11.2. The summed E-state index contributed by atoms with van der Waals surface area (Å²) in [6.07, 6.45) is 0.700. The Morgan fingerprint density at radius 1 is 1.14 bits per heavy atom. The fraction of sp³-hybridized carbons (Fsp3) is 0.188. The lowest BCUT2D eigenvalue weighted by molar-refractivity contribution is 0.844. The van der Waals surface area contributed by atoms with Gasteiger partial charge in [-0.3, -0.25) is 0 Å². The van der Waals surface area contributed by atoms with Crippen LogP contribution in [0, 0.1) is 0 Å². The van der Waals surface area contributed by atoms with Crippen molar-refractivity contribution in [2.75, 3.05) is 0 Å². The number of fused-ring (bicyclic) bond motifs is 1. The summed E-state index contributed by atoms with van der Waals surface area (Å²) in [5, 5.41) is 1.13. The van der Waals surface area contributed by atoms with Gasteiger partial charge in [-0.2, -0.15) is 0 Å². The molecule has 5 heteroatoms. The van der Waals surface area contributed by atoms with Crippen molar-refractivity contribution in [3.63, 3.8) is 0 Å². The second-order valence-corrected chi connectivity index (χ2v) is 5.82. The smallest absolute Gasteiger partial charge is 0.114 e. The number of benzene rings is 2. The number of nitrogens with zero attached hydrogens (tertiary/aromatic N) is 2. The number of nitrogens with two attached hydrogens (primary N) is 1. The Morgan fingerprint density at radius 2 is 1.95 bits per heavy atom. The molecule has 0 bridgehead atoms. The third-order valence-electron chi connectivity index (χ3n) is 3.65. The van der Waals surface area contributed by atoms with Crippen molar-refractivity contribution in [3.8, 4) is 0 Å². The van der Waals surface area contributed by atoms with Gasteiger partial charge in [0.25, 0.3) is 0 Å². The number of rotatable bonds is 3. The quantitative estimate of drug-likeness (QED) is 0.794. The van der Waals surface area contributed by atoms with Gasteiger partial charge in [-0.15, -0.1) is 0 Å². The minimum Gasteiger partial charge on any atom is -0.331 e. The number of imidazole rings is 1. The molecule has 1 aromatic heterocycles. The predicted molar refractivity (Wildman–Crippen MR) is 87.9 cm³/mol. The first-order valence-corrected chi connectivity index (χ1v) is 7.43. The molecule has 3 aromatic rings. The van der Waals surface area contributed by atoms with Gasteiger partial charge >= 0.3 is 0 Å². The van der Waals surface area contributed by atoms with Gasteiger partial charge in [-0.25, -0.2) is 4.98 Å². The summed E-state index contributed by atoms with van der Waals surface area (Å²) >= 11 is 12.0. The molecule has 0 radical (unpaired) electrons. The Hall–Kier alpha value is -1.55. The molecule has 0 unspecified atom stereocenters. The van der Waals surface area contributed by atoms with Crippen LogP contribution >= 0.6 is 23.2 Å². The van der Waals surface area contributed by atoms with E-state index in [2.05, 4.69) is 10.6 Å². The van der Waals surface area contributed by atoms with Gasteiger partial charge in [0.2, 0.25) is 0 Å². The van der Waals surface area contributed by atoms with Crippen molar-refractivity contribution in [2.24, 2.45) is 12.8 Å². The van der Waals surface area contributed by atoms with E-state index in [1.165, 1.54) is 0 Å². The van der Waals surface area contributed by atoms with Crippen molar-refractivity contribution in [1.29, 1.82) is 0 Å². The van der Waals surface area contributed by atoms with Gasteiger partial charge in [-0.05, 0) is 29.3 Å². The molecule has 0 amide bonds. The van der Waals surface area contributed by atoms with Crippen LogP contribution < -0.4 is 5.73 Å². The average Bonchev–Trinajstić information content (AvgIpc) is 2.80. The van der Waals surface area contributed by atoms with Gasteiger partial charge in [0.05, 0.1) is 21.1 Å². The van der Waals surface area contributed by atoms with E-state index < -0.39 is 0 Å². The first-order valence-electron chi connectivity index (χ1n) is 6.67. The number of aryl methyl sites for hydroxylation is 1. The lowest BCUT2D eigenvalue weighted by Gasteiger charge is -2.04. The Morgan fingerprint density at radius 3 is 2.67 bits per heavy atom. The van der Waals surface area contributed by atoms with Crippen molar-refractivity contribution < 1.29 is 0 Å². The van der Waals surface area contributed by atoms with Gasteiger partial charge in [-0.1, -0.05) is 41.4 Å². The highest BCUT2D eigenvalue weighted by Gasteiger charge is 2.11. The average molecular weight is 320 g/mol. The molecule has 2 aromatic carbocycles. The third-order valence-corrected chi connectivity index (χ3v) is 4.39. The molecule has 0 atom stereocenters. The zero-order valence-electron chi connectivity index (χ0n) is 11.6. The molecule has 2 N–H and O–H groups in total. The van der Waals surface area contributed by atoms with E-state index in [0.29, 0.717) is 23.0 Å². The number of aromatic nitrogens is 2. The maximum Gasteiger partial charge on any atom is 0.114 e. The SMILES string of the molecule is Cn1c(Cc2ccc(Cl)c(Cl)c2)nc2c(CN)cccc21. The maximum atomic E-state index is 6.07. The fourth-order valence-electron chi connectivity index (χ4n) is 2.48. The molecule has 3 nitrogen and oxygen atoms in total. The maximum absolute atomic E-state index is 6.07. The first kappa shape index (κ1) is 14.4. The molecule has 108 valence electrons. The largest absolute Gasteiger partial charge is 0.331 e. The monoisotopic (exact) mass is 319 g/mol. The summed E-state index contributed by atoms with van der Waals surface area (Å²) < 4.78 is 2.09. The number of para-hydroxylation sites is 1. The Balaban J connectivity index is 2.04. The second kappa shape index (κ2) is 5.68. The lowest BCUT2D eigenvalue weighted by atomic mass is 10.1. The molecule has 3 rings (SSSR count). The molecule has 0 saturated carbocycles. The van der Waals surface area contributed by atoms with E-state index in [9.17, 15) is 0 Å². The zero-order valence-corrected chi connectivity index (χ0v) is 13.1. The van der Waals surface area contributed by atoms with Crippen LogP contribution in [0.15, 0.2) is 36.4 Å². The lowest BCUT2D eigenvalue weighted by Crippen LogP contribution is -1.99. The van der Waals surface area contributed by atoms with E-state index in [4.69, 9.17) is 33.9 Å². The summed E-state index contributed by atoms with van der Waals surface area (Å²) in [5.74, 6) is 0.976. The van der Waals surface area contributed by atoms with Crippen LogP contribution in [0.3, 0.4) is 0 Å². The molecular weight excluding hydrogens is 305 g/mol. The zero-order chi connectivity index (χ0) is 15.0. The Labute approximate surface area is 133 Å². The van der Waals surface area contributed by atoms with Crippen LogP contribution in [0.4, 0.5) is 0 Å². The summed E-state index contributed by atoms with van der Waals surface area (Å²) in [4.78, 5) is 4.74. The second-order valence-electron chi connectivity index (χ2n) is 5.00. The number of hydrogen-bond acceptors (Lipinski definition) is 2. The Kier molecular flexibility index (Phi) is 3.89. The minimum absolute atomic E-state index is 0.487. The highest BCUT2D eigenvalue weighted by Crippen LogP contribution is 2.25. The number of halogens is 2. The first-order chi connectivity index (χ1) is 10.1. The molecule has 21 heavy (non-hydrogen) atoms. The van der Waals surface area contributed by atoms with Crippen LogP contribution in [0.5, 0.6) is 0 Å². The summed E-state index contributed by atoms with van der Waals surface area (Å²) in [5.41, 5.74) is 9.98. The van der Waals surface area contributed by atoms with Crippen molar-refractivity contribution in [1.82, 2.24) is 9.55 Å². The van der Waals surface area contributed by atoms with E-state index in [1.54, 1.807) is 0 Å². The molecule has 0 saturated heterocycles. The summed E-state index contributed by atoms with van der Waals surface area (Å²) in [6.45, 7) is 0.487. The number of hydrogen-bond donors (Lipinski definition) is 1. The predicted octanol–water partition coefficient (Wildman–Crippen LogP) is 3.93. The van der Waals surface area contributed by atoms with Crippen molar-refractivity contribution >= 4 is 34.2 Å². The van der Waals surface area contributed by atoms with E-state index >= 15 is 0 Å². The van der Waals surface area contributed by atoms with Crippen LogP contribution in [0.25, 0.3) is 11.0 Å². The van der Waals surface area contributed by atoms with Gasteiger partial charge < -0.3 is 10.3 Å². The molecular formula is C16H15Cl2N3. The van der Waals surface area contributed by atoms with Crippen LogP contribution in [0.2, 0.25) is 10.0 Å². The highest BCUT2D eigenvalue weighted by atomic mass is 35.5. The van der Waals surface area contributed by atoms with Crippen LogP contribution in [-0.4, -0.2) is 9.55 Å². The fourth-order valence-corrected chi connectivity index (χ4v) is 2.80. The van der Waals surface area contributed by atoms with E-state index in [0.717, 1.165) is 28.0 Å². The molecule has 0 fully saturated rings. The van der Waals surface area contributed by atoms with E-state index in [1.807, 2.05) is 37.4 Å². The summed E-state index contributed by atoms with van der Waals surface area (Å²) in [6, 6.07) is 11.7. The molecule has 1 heterocycles. The van der Waals surface area contributed by atoms with E-state index in [-0.39, 0.29) is 0 Å². The van der Waals surface area contributed by atoms with Crippen LogP contribution in [0.1, 0.15) is 17.0 Å².